The van der Waals surface area contributed by atoms with Gasteiger partial charge in [-0.2, -0.15) is 0 Å². The summed E-state index contributed by atoms with van der Waals surface area (Å²) in [7, 11) is 0. The molecular weight excluding hydrogens is 456 g/mol. The molecule has 0 radical (unpaired) electrons. The Morgan fingerprint density at radius 2 is 1.71 bits per heavy atom. The molecule has 7 nitrogen and oxygen atoms in total. The molecule has 1 atom stereocenters. The van der Waals surface area contributed by atoms with Crippen LogP contribution in [0.3, 0.4) is 0 Å². The Hall–Kier alpha value is -2.77. The first kappa shape index (κ1) is 27.5. The van der Waals surface area contributed by atoms with Gasteiger partial charge in [0.05, 0.1) is 6.54 Å². The number of nitrogens with zero attached hydrogens (tertiary/aromatic N) is 1. The monoisotopic (exact) mass is 490 g/mol. The van der Waals surface area contributed by atoms with E-state index in [1.54, 1.807) is 48.2 Å². The minimum atomic E-state index is -0.974. The Balaban J connectivity index is 1.89. The van der Waals surface area contributed by atoms with E-state index in [-0.39, 0.29) is 6.03 Å². The normalized spacial score (nSPS) is 11.6. The van der Waals surface area contributed by atoms with E-state index in [1.165, 1.54) is 0 Å². The second-order valence-electron chi connectivity index (χ2n) is 7.96. The van der Waals surface area contributed by atoms with Crippen LogP contribution in [0.25, 0.3) is 0 Å². The fraction of sp³-hybridized carbons (Fsp3) is 0.462. The number of benzene rings is 2. The molecule has 1 unspecified atom stereocenters. The second-order valence-corrected chi connectivity index (χ2v) is 8.40. The maximum Gasteiger partial charge on any atom is 0.333 e. The number of ether oxygens (including phenoxy) is 2. The van der Waals surface area contributed by atoms with Gasteiger partial charge in [0.1, 0.15) is 12.4 Å². The number of urea groups is 1. The van der Waals surface area contributed by atoms with Crippen molar-refractivity contribution in [2.24, 2.45) is 0 Å². The fourth-order valence-corrected chi connectivity index (χ4v) is 3.53. The molecule has 0 spiro atoms. The van der Waals surface area contributed by atoms with Crippen molar-refractivity contribution in [3.8, 4) is 5.75 Å². The highest BCUT2D eigenvalue weighted by Gasteiger charge is 2.18. The number of nitrogens with one attached hydrogen (secondary N) is 1. The van der Waals surface area contributed by atoms with Crippen molar-refractivity contribution in [1.29, 1.82) is 0 Å². The molecule has 0 aromatic heterocycles. The van der Waals surface area contributed by atoms with Crippen molar-refractivity contribution in [2.45, 2.75) is 52.1 Å². The highest BCUT2D eigenvalue weighted by Crippen LogP contribution is 2.16. The minimum absolute atomic E-state index is 0.173. The van der Waals surface area contributed by atoms with E-state index >= 15 is 0 Å². The number of carboxylic acids is 1. The molecule has 186 valence electrons. The average Bonchev–Trinajstić information content (AvgIpc) is 2.82. The number of carbonyl (C=O) groups is 2. The van der Waals surface area contributed by atoms with Gasteiger partial charge in [-0.1, -0.05) is 49.9 Å². The smallest absolute Gasteiger partial charge is 0.333 e. The van der Waals surface area contributed by atoms with Crippen LogP contribution in [0.2, 0.25) is 5.02 Å². The zero-order chi connectivity index (χ0) is 24.8. The summed E-state index contributed by atoms with van der Waals surface area (Å²) >= 11 is 5.93. The molecular formula is C26H35ClN2O5. The predicted molar refractivity (Wildman–Crippen MR) is 135 cm³/mol. The molecule has 2 aromatic rings. The van der Waals surface area contributed by atoms with Crippen molar-refractivity contribution in [1.82, 2.24) is 4.90 Å². The Morgan fingerprint density at radius 3 is 2.32 bits per heavy atom. The molecule has 0 aliphatic heterocycles. The molecule has 0 bridgehead atoms. The number of aliphatic carboxylic acids is 1. The van der Waals surface area contributed by atoms with E-state index in [0.29, 0.717) is 49.2 Å². The van der Waals surface area contributed by atoms with Gasteiger partial charge in [0.25, 0.3) is 0 Å². The lowest BCUT2D eigenvalue weighted by molar-refractivity contribution is -0.149. The first-order valence-corrected chi connectivity index (χ1v) is 12.2. The van der Waals surface area contributed by atoms with Crippen LogP contribution in [0.15, 0.2) is 48.5 Å². The van der Waals surface area contributed by atoms with Crippen LogP contribution in [-0.4, -0.2) is 54.4 Å². The number of rotatable bonds is 15. The van der Waals surface area contributed by atoms with Crippen LogP contribution < -0.4 is 10.1 Å². The summed E-state index contributed by atoms with van der Waals surface area (Å²) in [6.07, 6.45) is 3.70. The zero-order valence-corrected chi connectivity index (χ0v) is 20.7. The quantitative estimate of drug-likeness (QED) is 0.305. The SMILES string of the molecule is CCCCCCN(CCOc1ccc(CC(OCC)C(=O)O)cc1)C(=O)Nc1ccc(Cl)cc1. The maximum atomic E-state index is 12.8. The number of unbranched alkanes of at least 4 members (excludes halogenated alkanes) is 3. The van der Waals surface area contributed by atoms with Crippen molar-refractivity contribution < 1.29 is 24.2 Å². The van der Waals surface area contributed by atoms with Gasteiger partial charge in [0, 0.05) is 30.3 Å². The molecule has 0 heterocycles. The van der Waals surface area contributed by atoms with Gasteiger partial charge in [-0.15, -0.1) is 0 Å². The van der Waals surface area contributed by atoms with Gasteiger partial charge in [0.15, 0.2) is 6.10 Å². The van der Waals surface area contributed by atoms with Crippen LogP contribution >= 0.6 is 11.6 Å². The molecule has 0 fully saturated rings. The molecule has 2 rings (SSSR count). The lowest BCUT2D eigenvalue weighted by atomic mass is 10.1. The molecule has 0 saturated carbocycles. The lowest BCUT2D eigenvalue weighted by Crippen LogP contribution is -2.38. The number of anilines is 1. The maximum absolute atomic E-state index is 12.8. The van der Waals surface area contributed by atoms with Crippen molar-refractivity contribution in [2.75, 3.05) is 31.6 Å². The van der Waals surface area contributed by atoms with Gasteiger partial charge < -0.3 is 24.8 Å². The summed E-state index contributed by atoms with van der Waals surface area (Å²) in [5.41, 5.74) is 1.55. The van der Waals surface area contributed by atoms with Crippen molar-refractivity contribution >= 4 is 29.3 Å². The summed E-state index contributed by atoms with van der Waals surface area (Å²) < 4.78 is 11.1. The molecule has 0 aliphatic carbocycles. The highest BCUT2D eigenvalue weighted by molar-refractivity contribution is 6.30. The summed E-state index contributed by atoms with van der Waals surface area (Å²) in [5.74, 6) is -0.311. The Morgan fingerprint density at radius 1 is 1.00 bits per heavy atom. The number of amides is 2. The largest absolute Gasteiger partial charge is 0.492 e. The molecule has 2 aromatic carbocycles. The first-order valence-electron chi connectivity index (χ1n) is 11.8. The first-order chi connectivity index (χ1) is 16.4. The molecule has 0 aliphatic rings. The highest BCUT2D eigenvalue weighted by atomic mass is 35.5. The van der Waals surface area contributed by atoms with E-state index in [1.807, 2.05) is 12.1 Å². The summed E-state index contributed by atoms with van der Waals surface area (Å²) in [4.78, 5) is 25.9. The topological polar surface area (TPSA) is 88.1 Å². The van der Waals surface area contributed by atoms with Gasteiger partial charge >= 0.3 is 12.0 Å². The third-order valence-corrected chi connectivity index (χ3v) is 5.53. The number of hydrogen-bond donors (Lipinski definition) is 2. The third kappa shape index (κ3) is 10.0. The second kappa shape index (κ2) is 15.2. The molecule has 0 saturated heterocycles. The van der Waals surface area contributed by atoms with Crippen molar-refractivity contribution in [3.05, 3.63) is 59.1 Å². The molecule has 34 heavy (non-hydrogen) atoms. The zero-order valence-electron chi connectivity index (χ0n) is 20.0. The van der Waals surface area contributed by atoms with E-state index < -0.39 is 12.1 Å². The molecule has 8 heteroatoms. The molecule has 2 amide bonds. The fourth-order valence-electron chi connectivity index (χ4n) is 3.41. The van der Waals surface area contributed by atoms with Gasteiger partial charge in [-0.25, -0.2) is 9.59 Å². The number of carbonyl (C=O) groups excluding carboxylic acids is 1. The summed E-state index contributed by atoms with van der Waals surface area (Å²) in [6, 6.07) is 14.1. The van der Waals surface area contributed by atoms with E-state index in [9.17, 15) is 14.7 Å². The Bertz CT molecular complexity index is 874. The van der Waals surface area contributed by atoms with E-state index in [4.69, 9.17) is 21.1 Å². The summed E-state index contributed by atoms with van der Waals surface area (Å²) in [6.45, 7) is 5.71. The number of hydrogen-bond acceptors (Lipinski definition) is 4. The van der Waals surface area contributed by atoms with Crippen LogP contribution in [0.1, 0.15) is 45.1 Å². The van der Waals surface area contributed by atoms with E-state index in [0.717, 1.165) is 31.2 Å². The standard InChI is InChI=1S/C26H35ClN2O5/c1-3-5-6-7-16-29(26(32)28-22-12-10-21(27)11-13-22)17-18-34-23-14-8-20(9-15-23)19-24(25(30)31)33-4-2/h8-15,24H,3-7,16-19H2,1-2H3,(H,28,32)(H,30,31). The van der Waals surface area contributed by atoms with Crippen molar-refractivity contribution in [3.63, 3.8) is 0 Å². The Kier molecular flexibility index (Phi) is 12.3. The number of halogens is 1. The molecule has 2 N–H and O–H groups in total. The van der Waals surface area contributed by atoms with Crippen LogP contribution in [0, 0.1) is 0 Å². The summed E-state index contributed by atoms with van der Waals surface area (Å²) in [5, 5.41) is 12.8. The van der Waals surface area contributed by atoms with E-state index in [2.05, 4.69) is 12.2 Å². The number of carboxylic acid groups (broad SMARTS) is 1. The minimum Gasteiger partial charge on any atom is -0.492 e. The Labute approximate surface area is 207 Å². The van der Waals surface area contributed by atoms with Gasteiger partial charge in [-0.3, -0.25) is 0 Å². The van der Waals surface area contributed by atoms with Crippen LogP contribution in [0.4, 0.5) is 10.5 Å². The third-order valence-electron chi connectivity index (χ3n) is 5.28. The average molecular weight is 491 g/mol. The van der Waals surface area contributed by atoms with Gasteiger partial charge in [0.2, 0.25) is 0 Å². The van der Waals surface area contributed by atoms with Crippen LogP contribution in [-0.2, 0) is 16.0 Å². The lowest BCUT2D eigenvalue weighted by Gasteiger charge is -2.23. The van der Waals surface area contributed by atoms with Crippen LogP contribution in [0.5, 0.6) is 5.75 Å². The van der Waals surface area contributed by atoms with Gasteiger partial charge in [-0.05, 0) is 55.3 Å². The predicted octanol–water partition coefficient (Wildman–Crippen LogP) is 5.87.